The fourth-order valence-electron chi connectivity index (χ4n) is 8.49. The predicted molar refractivity (Wildman–Crippen MR) is 115 cm³/mol. The van der Waals surface area contributed by atoms with Crippen LogP contribution in [-0.4, -0.2) is 48.9 Å². The van der Waals surface area contributed by atoms with Crippen molar-refractivity contribution in [2.45, 2.75) is 84.8 Å². The summed E-state index contributed by atoms with van der Waals surface area (Å²) in [4.78, 5) is 38.5. The second-order valence-electron chi connectivity index (χ2n) is 11.4. The smallest absolute Gasteiger partial charge is 0.310 e. The van der Waals surface area contributed by atoms with Crippen molar-refractivity contribution >= 4 is 17.9 Å². The number of ether oxygens (including phenoxy) is 3. The topological polar surface area (TPSA) is 99.1 Å². The molecule has 3 saturated carbocycles. The molecule has 0 aromatic carbocycles. The Bertz CT molecular complexity index is 791. The lowest BCUT2D eigenvalue weighted by molar-refractivity contribution is -0.273. The number of aliphatic hydroxyl groups excluding tert-OH is 1. The summed E-state index contributed by atoms with van der Waals surface area (Å²) in [6.45, 7) is 8.58. The minimum atomic E-state index is -0.930. The number of cyclic esters (lactones) is 1. The fourth-order valence-corrected chi connectivity index (χ4v) is 8.49. The van der Waals surface area contributed by atoms with Crippen LogP contribution in [0.4, 0.5) is 0 Å². The maximum absolute atomic E-state index is 13.1. The Labute approximate surface area is 190 Å². The van der Waals surface area contributed by atoms with Crippen LogP contribution in [0.5, 0.6) is 0 Å². The van der Waals surface area contributed by atoms with Crippen LogP contribution in [0.15, 0.2) is 0 Å². The average molecular weight is 451 g/mol. The minimum Gasteiger partial charge on any atom is -0.469 e. The van der Waals surface area contributed by atoms with Gasteiger partial charge < -0.3 is 19.3 Å². The van der Waals surface area contributed by atoms with E-state index >= 15 is 0 Å². The third kappa shape index (κ3) is 3.13. The summed E-state index contributed by atoms with van der Waals surface area (Å²) in [5.41, 5.74) is -1.31. The van der Waals surface area contributed by atoms with Crippen molar-refractivity contribution in [1.82, 2.24) is 0 Å². The van der Waals surface area contributed by atoms with E-state index in [1.54, 1.807) is 0 Å². The van der Waals surface area contributed by atoms with Crippen LogP contribution in [0.25, 0.3) is 0 Å². The number of methoxy groups -OCH3 is 1. The molecule has 4 fully saturated rings. The van der Waals surface area contributed by atoms with Crippen LogP contribution in [0.2, 0.25) is 0 Å². The van der Waals surface area contributed by atoms with Gasteiger partial charge in [-0.25, -0.2) is 0 Å². The van der Waals surface area contributed by atoms with E-state index in [0.29, 0.717) is 19.3 Å². The first-order chi connectivity index (χ1) is 15.0. The van der Waals surface area contributed by atoms with Crippen LogP contribution in [0.3, 0.4) is 0 Å². The van der Waals surface area contributed by atoms with E-state index in [-0.39, 0.29) is 41.7 Å². The van der Waals surface area contributed by atoms with Crippen LogP contribution in [-0.2, 0) is 28.6 Å². The number of rotatable bonds is 4. The van der Waals surface area contributed by atoms with E-state index < -0.39 is 41.4 Å². The molecule has 0 aromatic rings. The van der Waals surface area contributed by atoms with Crippen molar-refractivity contribution in [3.63, 3.8) is 0 Å². The molecule has 1 N–H and O–H groups in total. The van der Waals surface area contributed by atoms with Crippen molar-refractivity contribution in [3.05, 3.63) is 0 Å². The maximum Gasteiger partial charge on any atom is 0.310 e. The zero-order valence-electron chi connectivity index (χ0n) is 20.0. The van der Waals surface area contributed by atoms with Crippen LogP contribution >= 0.6 is 0 Å². The molecule has 1 heterocycles. The number of hydrogen-bond donors (Lipinski definition) is 1. The lowest BCUT2D eigenvalue weighted by Gasteiger charge is -2.67. The van der Waals surface area contributed by atoms with E-state index in [0.717, 1.165) is 19.3 Å². The highest BCUT2D eigenvalue weighted by atomic mass is 16.6. The van der Waals surface area contributed by atoms with Gasteiger partial charge in [0, 0.05) is 6.42 Å². The molecule has 7 nitrogen and oxygen atoms in total. The summed E-state index contributed by atoms with van der Waals surface area (Å²) < 4.78 is 16.7. The van der Waals surface area contributed by atoms with E-state index in [4.69, 9.17) is 14.2 Å². The minimum absolute atomic E-state index is 0.000224. The first kappa shape index (κ1) is 23.5. The molecule has 4 aliphatic rings. The van der Waals surface area contributed by atoms with Crippen LogP contribution < -0.4 is 0 Å². The predicted octanol–water partition coefficient (Wildman–Crippen LogP) is 3.26. The highest BCUT2D eigenvalue weighted by Crippen LogP contribution is 2.71. The lowest BCUT2D eigenvalue weighted by atomic mass is 9.37. The molecule has 0 amide bonds. The van der Waals surface area contributed by atoms with Gasteiger partial charge in [-0.1, -0.05) is 34.1 Å². The van der Waals surface area contributed by atoms with Gasteiger partial charge in [0.25, 0.3) is 0 Å². The van der Waals surface area contributed by atoms with Crippen LogP contribution in [0.1, 0.15) is 72.6 Å². The molecule has 3 aliphatic carbocycles. The molecule has 1 spiro atoms. The van der Waals surface area contributed by atoms with Crippen molar-refractivity contribution in [1.29, 1.82) is 0 Å². The SMILES string of the molecule is CCCC(=O)O[C@@H]1[C@H](O)[C@H]2C(C)(C)CCC[C@]2(C)[C@H]2CC[C@@H](C(=O)OC)[C@H]3C(=O)OC[C@]132. The lowest BCUT2D eigenvalue weighted by Crippen LogP contribution is -2.72. The summed E-state index contributed by atoms with van der Waals surface area (Å²) >= 11 is 0. The number of hydrogen-bond acceptors (Lipinski definition) is 7. The summed E-state index contributed by atoms with van der Waals surface area (Å²) in [7, 11) is 1.33. The largest absolute Gasteiger partial charge is 0.469 e. The second kappa shape index (κ2) is 8.00. The van der Waals surface area contributed by atoms with Gasteiger partial charge in [-0.3, -0.25) is 14.4 Å². The third-order valence-electron chi connectivity index (χ3n) is 9.40. The summed E-state index contributed by atoms with van der Waals surface area (Å²) in [5, 5.41) is 11.9. The Morgan fingerprint density at radius 3 is 2.56 bits per heavy atom. The van der Waals surface area contributed by atoms with E-state index in [1.807, 2.05) is 6.92 Å². The van der Waals surface area contributed by atoms with Gasteiger partial charge in [0.15, 0.2) is 0 Å². The van der Waals surface area contributed by atoms with Gasteiger partial charge >= 0.3 is 17.9 Å². The Kier molecular flexibility index (Phi) is 5.88. The van der Waals surface area contributed by atoms with Crippen molar-refractivity contribution in [3.8, 4) is 0 Å². The van der Waals surface area contributed by atoms with Crippen LogP contribution in [0, 0.1) is 39.9 Å². The Hall–Kier alpha value is -1.63. The van der Waals surface area contributed by atoms with Crippen molar-refractivity contribution < 1.29 is 33.7 Å². The molecule has 32 heavy (non-hydrogen) atoms. The molecular weight excluding hydrogens is 412 g/mol. The van der Waals surface area contributed by atoms with Gasteiger partial charge in [-0.2, -0.15) is 0 Å². The maximum atomic E-state index is 13.1. The number of carbonyl (C=O) groups is 3. The first-order valence-corrected chi connectivity index (χ1v) is 12.2. The van der Waals surface area contributed by atoms with Gasteiger partial charge in [0.05, 0.1) is 30.5 Å². The third-order valence-corrected chi connectivity index (χ3v) is 9.40. The normalized spacial score (nSPS) is 44.5. The molecule has 7 heteroatoms. The van der Waals surface area contributed by atoms with Gasteiger partial charge in [-0.15, -0.1) is 0 Å². The molecule has 0 radical (unpaired) electrons. The molecule has 0 unspecified atom stereocenters. The number of esters is 3. The molecule has 0 aromatic heterocycles. The molecule has 8 atom stereocenters. The quantitative estimate of drug-likeness (QED) is 0.518. The first-order valence-electron chi connectivity index (χ1n) is 12.2. The molecule has 4 rings (SSSR count). The fraction of sp³-hybridized carbons (Fsp3) is 0.880. The van der Waals surface area contributed by atoms with Crippen molar-refractivity contribution in [2.75, 3.05) is 13.7 Å². The molecule has 1 aliphatic heterocycles. The number of aliphatic hydroxyl groups is 1. The molecule has 180 valence electrons. The molecular formula is C25H38O7. The Morgan fingerprint density at radius 1 is 1.19 bits per heavy atom. The van der Waals surface area contributed by atoms with Crippen molar-refractivity contribution in [2.24, 2.45) is 39.9 Å². The standard InChI is InChI=1S/C25H38O7/c1-6-8-16(26)32-20-18(27)19-23(2,3)11-7-12-24(19,4)15-10-9-14(21(28)30-5)17-22(29)31-13-25(15,17)20/h14-15,17-20,27H,6-13H2,1-5H3/t14-,15-,17+,18-,19+,20-,24-,25-/m1/s1. The second-order valence-corrected chi connectivity index (χ2v) is 11.4. The highest BCUT2D eigenvalue weighted by Gasteiger charge is 2.76. The Balaban J connectivity index is 1.88. The summed E-state index contributed by atoms with van der Waals surface area (Å²) in [5.74, 6) is -2.75. The summed E-state index contributed by atoms with van der Waals surface area (Å²) in [6, 6.07) is 0. The van der Waals surface area contributed by atoms with E-state index in [9.17, 15) is 19.5 Å². The monoisotopic (exact) mass is 450 g/mol. The van der Waals surface area contributed by atoms with E-state index in [2.05, 4.69) is 20.8 Å². The van der Waals surface area contributed by atoms with E-state index in [1.165, 1.54) is 7.11 Å². The highest BCUT2D eigenvalue weighted by molar-refractivity contribution is 5.85. The molecule has 0 bridgehead atoms. The zero-order chi connectivity index (χ0) is 23.5. The van der Waals surface area contributed by atoms with Gasteiger partial charge in [0.1, 0.15) is 12.7 Å². The summed E-state index contributed by atoms with van der Waals surface area (Å²) in [6.07, 6.45) is 3.28. The Morgan fingerprint density at radius 2 is 1.91 bits per heavy atom. The zero-order valence-corrected chi connectivity index (χ0v) is 20.0. The average Bonchev–Trinajstić information content (AvgIpc) is 3.07. The number of carbonyl (C=O) groups excluding carboxylic acids is 3. The van der Waals surface area contributed by atoms with Gasteiger partial charge in [-0.05, 0) is 54.8 Å². The molecule has 1 saturated heterocycles. The van der Waals surface area contributed by atoms with Gasteiger partial charge in [0.2, 0.25) is 0 Å². The number of fused-ring (bicyclic) bond motifs is 2.